The van der Waals surface area contributed by atoms with Gasteiger partial charge in [0.15, 0.2) is 0 Å². The van der Waals surface area contributed by atoms with Crippen molar-refractivity contribution in [2.75, 3.05) is 0 Å². The van der Waals surface area contributed by atoms with Crippen LogP contribution in [0.2, 0.25) is 0 Å². The summed E-state index contributed by atoms with van der Waals surface area (Å²) >= 11 is 0. The molecule has 0 N–H and O–H groups in total. The quantitative estimate of drug-likeness (QED) is 0.274. The molecule has 0 saturated heterocycles. The molecule has 4 aliphatic carbocycles. The van der Waals surface area contributed by atoms with Crippen molar-refractivity contribution in [3.05, 3.63) is 12.2 Å². The summed E-state index contributed by atoms with van der Waals surface area (Å²) in [5, 5.41) is 0. The minimum Gasteiger partial charge on any atom is -0.0882 e. The maximum absolute atomic E-state index is 2.63. The minimum absolute atomic E-state index is 0.985. The molecule has 7 unspecified atom stereocenters. The van der Waals surface area contributed by atoms with E-state index in [1.807, 2.05) is 0 Å². The van der Waals surface area contributed by atoms with Crippen LogP contribution >= 0.6 is 0 Å². The first-order valence-corrected chi connectivity index (χ1v) is 12.5. The van der Waals surface area contributed by atoms with Gasteiger partial charge in [0.05, 0.1) is 0 Å². The summed E-state index contributed by atoms with van der Waals surface area (Å²) < 4.78 is 0. The Bertz CT molecular complexity index is 463. The van der Waals surface area contributed by atoms with E-state index >= 15 is 0 Å². The second-order valence-corrected chi connectivity index (χ2v) is 10.6. The predicted molar refractivity (Wildman–Crippen MR) is 113 cm³/mol. The monoisotopic (exact) mass is 356 g/mol. The van der Waals surface area contributed by atoms with Gasteiger partial charge in [-0.2, -0.15) is 0 Å². The van der Waals surface area contributed by atoms with Gasteiger partial charge in [-0.05, 0) is 79.4 Å². The minimum atomic E-state index is 0.985. The van der Waals surface area contributed by atoms with Crippen LogP contribution in [0, 0.1) is 47.3 Å². The van der Waals surface area contributed by atoms with Gasteiger partial charge in [0, 0.05) is 0 Å². The molecule has 0 aromatic rings. The van der Waals surface area contributed by atoms with Gasteiger partial charge < -0.3 is 0 Å². The molecule has 0 aromatic heterocycles. The van der Waals surface area contributed by atoms with Crippen LogP contribution in [-0.4, -0.2) is 0 Å². The van der Waals surface area contributed by atoms with Crippen molar-refractivity contribution in [1.29, 1.82) is 0 Å². The standard InChI is InChI=1S/C26H44/c1-3-4-5-6-7-8-9-10-13-20-16-22-18-24(20)26(19(22)2)25-17-21-14-11-12-15-23(21)25/h12,15,19-26H,3-11,13-14,16-18H2,1-2H3/t19?,20?,21?,22?,23-,24?,25?,26?/m0/s1. The van der Waals surface area contributed by atoms with Crippen LogP contribution < -0.4 is 0 Å². The lowest BCUT2D eigenvalue weighted by Crippen LogP contribution is -2.46. The third-order valence-electron chi connectivity index (χ3n) is 9.23. The fraction of sp³-hybridized carbons (Fsp3) is 0.923. The van der Waals surface area contributed by atoms with E-state index in [2.05, 4.69) is 26.0 Å². The zero-order valence-corrected chi connectivity index (χ0v) is 17.7. The summed E-state index contributed by atoms with van der Waals surface area (Å²) in [6.07, 6.45) is 26.2. The molecule has 148 valence electrons. The number of fused-ring (bicyclic) bond motifs is 3. The van der Waals surface area contributed by atoms with Gasteiger partial charge in [-0.15, -0.1) is 0 Å². The topological polar surface area (TPSA) is 0 Å². The molecule has 0 heterocycles. The molecule has 3 fully saturated rings. The lowest BCUT2D eigenvalue weighted by atomic mass is 9.52. The number of hydrogen-bond donors (Lipinski definition) is 0. The molecule has 2 bridgehead atoms. The Balaban J connectivity index is 1.20. The molecule has 26 heavy (non-hydrogen) atoms. The summed E-state index contributed by atoms with van der Waals surface area (Å²) in [5.74, 6) is 8.57. The van der Waals surface area contributed by atoms with Crippen LogP contribution in [0.15, 0.2) is 12.2 Å². The van der Waals surface area contributed by atoms with Crippen LogP contribution in [0.5, 0.6) is 0 Å². The Kier molecular flexibility index (Phi) is 6.48. The van der Waals surface area contributed by atoms with Crippen LogP contribution in [-0.2, 0) is 0 Å². The predicted octanol–water partition coefficient (Wildman–Crippen LogP) is 8.03. The van der Waals surface area contributed by atoms with E-state index in [0.29, 0.717) is 0 Å². The van der Waals surface area contributed by atoms with Gasteiger partial charge in [0.2, 0.25) is 0 Å². The number of allylic oxidation sites excluding steroid dienone is 2. The van der Waals surface area contributed by atoms with E-state index in [4.69, 9.17) is 0 Å². The van der Waals surface area contributed by atoms with Crippen molar-refractivity contribution in [2.24, 2.45) is 47.3 Å². The first-order valence-electron chi connectivity index (χ1n) is 12.5. The molecule has 0 radical (unpaired) electrons. The molecule has 0 amide bonds. The Morgan fingerprint density at radius 1 is 0.808 bits per heavy atom. The van der Waals surface area contributed by atoms with Gasteiger partial charge in [-0.3, -0.25) is 0 Å². The van der Waals surface area contributed by atoms with Crippen molar-refractivity contribution < 1.29 is 0 Å². The second kappa shape index (κ2) is 8.83. The maximum atomic E-state index is 2.63. The zero-order chi connectivity index (χ0) is 17.9. The molecule has 0 aliphatic heterocycles. The van der Waals surface area contributed by atoms with Gasteiger partial charge in [-0.25, -0.2) is 0 Å². The molecule has 0 aromatic carbocycles. The average Bonchev–Trinajstić information content (AvgIpc) is 3.17. The lowest BCUT2D eigenvalue weighted by molar-refractivity contribution is -0.0150. The van der Waals surface area contributed by atoms with E-state index in [0.717, 1.165) is 47.3 Å². The highest BCUT2D eigenvalue weighted by atomic mass is 14.6. The highest BCUT2D eigenvalue weighted by molar-refractivity contribution is 5.12. The van der Waals surface area contributed by atoms with E-state index < -0.39 is 0 Å². The first kappa shape index (κ1) is 19.1. The van der Waals surface area contributed by atoms with Crippen molar-refractivity contribution >= 4 is 0 Å². The SMILES string of the molecule is CCCCCCCCCCC1CC2CC1C(C1CC3CCC=C[C@@H]31)C2C. The van der Waals surface area contributed by atoms with Crippen molar-refractivity contribution in [3.63, 3.8) is 0 Å². The Morgan fingerprint density at radius 3 is 2.27 bits per heavy atom. The third-order valence-corrected chi connectivity index (χ3v) is 9.23. The molecule has 3 saturated carbocycles. The molecular formula is C26H44. The molecule has 8 atom stereocenters. The molecule has 0 nitrogen and oxygen atoms in total. The lowest BCUT2D eigenvalue weighted by Gasteiger charge is -2.53. The third kappa shape index (κ3) is 3.81. The first-order chi connectivity index (χ1) is 12.8. The van der Waals surface area contributed by atoms with Crippen molar-refractivity contribution in [3.8, 4) is 0 Å². The second-order valence-electron chi connectivity index (χ2n) is 10.6. The fourth-order valence-corrected chi connectivity index (χ4v) is 7.79. The summed E-state index contributed by atoms with van der Waals surface area (Å²) in [5.41, 5.74) is 0. The Hall–Kier alpha value is -0.260. The number of hydrogen-bond acceptors (Lipinski definition) is 0. The van der Waals surface area contributed by atoms with E-state index in [1.165, 1.54) is 64.2 Å². The van der Waals surface area contributed by atoms with Crippen LogP contribution in [0.3, 0.4) is 0 Å². The van der Waals surface area contributed by atoms with Crippen molar-refractivity contribution in [2.45, 2.75) is 104 Å². The van der Waals surface area contributed by atoms with Gasteiger partial charge in [0.25, 0.3) is 0 Å². The fourth-order valence-electron chi connectivity index (χ4n) is 7.79. The summed E-state index contributed by atoms with van der Waals surface area (Å²) in [6, 6.07) is 0. The normalized spacial score (nSPS) is 43.5. The summed E-state index contributed by atoms with van der Waals surface area (Å²) in [7, 11) is 0. The van der Waals surface area contributed by atoms with Crippen LogP contribution in [0.4, 0.5) is 0 Å². The Morgan fingerprint density at radius 2 is 1.54 bits per heavy atom. The molecule has 0 spiro atoms. The summed E-state index contributed by atoms with van der Waals surface area (Å²) in [6.45, 7) is 4.94. The van der Waals surface area contributed by atoms with Gasteiger partial charge >= 0.3 is 0 Å². The van der Waals surface area contributed by atoms with Crippen LogP contribution in [0.25, 0.3) is 0 Å². The number of rotatable bonds is 10. The highest BCUT2D eigenvalue weighted by Crippen LogP contribution is 2.64. The van der Waals surface area contributed by atoms with E-state index in [9.17, 15) is 0 Å². The average molecular weight is 357 g/mol. The maximum Gasteiger partial charge on any atom is -0.0174 e. The molecule has 0 heteroatoms. The van der Waals surface area contributed by atoms with Crippen LogP contribution in [0.1, 0.15) is 104 Å². The zero-order valence-electron chi connectivity index (χ0n) is 17.7. The van der Waals surface area contributed by atoms with Gasteiger partial charge in [-0.1, -0.05) is 83.8 Å². The van der Waals surface area contributed by atoms with E-state index in [1.54, 1.807) is 25.7 Å². The summed E-state index contributed by atoms with van der Waals surface area (Å²) in [4.78, 5) is 0. The highest BCUT2D eigenvalue weighted by Gasteiger charge is 2.56. The molecule has 4 rings (SSSR count). The van der Waals surface area contributed by atoms with E-state index in [-0.39, 0.29) is 0 Å². The van der Waals surface area contributed by atoms with Crippen molar-refractivity contribution in [1.82, 2.24) is 0 Å². The Labute approximate surface area is 163 Å². The molecular weight excluding hydrogens is 312 g/mol. The molecule has 4 aliphatic rings. The largest absolute Gasteiger partial charge is 0.0882 e. The smallest absolute Gasteiger partial charge is 0.0174 e. The number of unbranched alkanes of at least 4 members (excludes halogenated alkanes) is 7. The van der Waals surface area contributed by atoms with Gasteiger partial charge in [0.1, 0.15) is 0 Å².